The Balaban J connectivity index is 2.11. The van der Waals surface area contributed by atoms with E-state index in [1.807, 2.05) is 13.0 Å². The minimum absolute atomic E-state index is 0.363. The smallest absolute Gasteiger partial charge is 0.275 e. The van der Waals surface area contributed by atoms with Crippen molar-refractivity contribution in [3.8, 4) is 5.75 Å². The normalized spacial score (nSPS) is 10.7. The Morgan fingerprint density at radius 1 is 1.23 bits per heavy atom. The summed E-state index contributed by atoms with van der Waals surface area (Å²) < 4.78 is 5.20. The Morgan fingerprint density at radius 3 is 2.68 bits per heavy atom. The van der Waals surface area contributed by atoms with Gasteiger partial charge in [0.25, 0.3) is 5.91 Å². The highest BCUT2D eigenvalue weighted by atomic mass is 35.5. The van der Waals surface area contributed by atoms with Gasteiger partial charge in [-0.1, -0.05) is 35.3 Å². The Bertz CT molecular complexity index is 730. The van der Waals surface area contributed by atoms with Gasteiger partial charge in [0.15, 0.2) is 0 Å². The first kappa shape index (κ1) is 16.3. The number of benzene rings is 2. The van der Waals surface area contributed by atoms with Crippen LogP contribution in [0.3, 0.4) is 0 Å². The molecule has 1 N–H and O–H groups in total. The molecule has 6 heteroatoms. The molecule has 0 fully saturated rings. The highest BCUT2D eigenvalue weighted by molar-refractivity contribution is 6.36. The molecule has 2 aromatic rings. The minimum Gasteiger partial charge on any atom is -0.496 e. The van der Waals surface area contributed by atoms with Gasteiger partial charge < -0.3 is 4.74 Å². The third-order valence-electron chi connectivity index (χ3n) is 2.93. The maximum atomic E-state index is 12.1. The summed E-state index contributed by atoms with van der Waals surface area (Å²) in [6.07, 6.45) is 1.46. The first-order valence-corrected chi connectivity index (χ1v) is 7.20. The fraction of sp³-hybridized carbons (Fsp3) is 0.125. The summed E-state index contributed by atoms with van der Waals surface area (Å²) in [5.41, 5.74) is 4.51. The van der Waals surface area contributed by atoms with Gasteiger partial charge in [-0.2, -0.15) is 5.10 Å². The van der Waals surface area contributed by atoms with E-state index in [4.69, 9.17) is 27.9 Å². The van der Waals surface area contributed by atoms with Crippen LogP contribution in [0.15, 0.2) is 41.5 Å². The van der Waals surface area contributed by atoms with Crippen LogP contribution in [0, 0.1) is 6.92 Å². The van der Waals surface area contributed by atoms with Crippen molar-refractivity contribution < 1.29 is 9.53 Å². The highest BCUT2D eigenvalue weighted by Crippen LogP contribution is 2.20. The molecule has 0 heterocycles. The molecule has 0 bridgehead atoms. The van der Waals surface area contributed by atoms with Gasteiger partial charge in [-0.05, 0) is 36.8 Å². The summed E-state index contributed by atoms with van der Waals surface area (Å²) >= 11 is 11.8. The molecule has 0 saturated heterocycles. The van der Waals surface area contributed by atoms with Crippen LogP contribution < -0.4 is 10.2 Å². The molecule has 0 aliphatic carbocycles. The average molecular weight is 337 g/mol. The summed E-state index contributed by atoms with van der Waals surface area (Å²) in [5.74, 6) is 0.135. The van der Waals surface area contributed by atoms with Crippen molar-refractivity contribution in [3.05, 3.63) is 63.1 Å². The monoisotopic (exact) mass is 336 g/mol. The van der Waals surface area contributed by atoms with Crippen molar-refractivity contribution in [1.29, 1.82) is 0 Å². The molecule has 1 amide bonds. The molecule has 2 aromatic carbocycles. The SMILES string of the molecule is COc1cc(C)ccc1C(=O)N/N=C\c1ccc(Cl)cc1Cl. The van der Waals surface area contributed by atoms with Crippen molar-refractivity contribution in [2.75, 3.05) is 7.11 Å². The van der Waals surface area contributed by atoms with Crippen molar-refractivity contribution in [2.45, 2.75) is 6.92 Å². The molecule has 2 rings (SSSR count). The number of hydrazone groups is 1. The second-order valence-corrected chi connectivity index (χ2v) is 5.41. The number of hydrogen-bond acceptors (Lipinski definition) is 3. The van der Waals surface area contributed by atoms with Crippen LogP contribution in [-0.4, -0.2) is 19.2 Å². The van der Waals surface area contributed by atoms with Crippen LogP contribution in [0.4, 0.5) is 0 Å². The summed E-state index contributed by atoms with van der Waals surface area (Å²) in [7, 11) is 1.52. The largest absolute Gasteiger partial charge is 0.496 e. The van der Waals surface area contributed by atoms with Gasteiger partial charge in [-0.15, -0.1) is 0 Å². The Labute approximate surface area is 138 Å². The zero-order chi connectivity index (χ0) is 16.1. The van der Waals surface area contributed by atoms with Crippen LogP contribution in [-0.2, 0) is 0 Å². The van der Waals surface area contributed by atoms with E-state index in [0.717, 1.165) is 5.56 Å². The van der Waals surface area contributed by atoms with Gasteiger partial charge in [0, 0.05) is 10.6 Å². The van der Waals surface area contributed by atoms with Crippen LogP contribution >= 0.6 is 23.2 Å². The molecule has 114 valence electrons. The van der Waals surface area contributed by atoms with Gasteiger partial charge in [-0.25, -0.2) is 5.43 Å². The molecule has 0 saturated carbocycles. The minimum atomic E-state index is -0.363. The lowest BCUT2D eigenvalue weighted by molar-refractivity contribution is 0.0952. The van der Waals surface area contributed by atoms with Crippen LogP contribution in [0.1, 0.15) is 21.5 Å². The maximum Gasteiger partial charge on any atom is 0.275 e. The Hall–Kier alpha value is -2.04. The lowest BCUT2D eigenvalue weighted by Gasteiger charge is -2.07. The van der Waals surface area contributed by atoms with E-state index < -0.39 is 0 Å². The Kier molecular flexibility index (Phi) is 5.41. The van der Waals surface area contributed by atoms with Crippen molar-refractivity contribution in [3.63, 3.8) is 0 Å². The second-order valence-electron chi connectivity index (χ2n) is 4.57. The first-order chi connectivity index (χ1) is 10.5. The molecule has 0 aromatic heterocycles. The third-order valence-corrected chi connectivity index (χ3v) is 3.50. The fourth-order valence-electron chi connectivity index (χ4n) is 1.81. The van der Waals surface area contributed by atoms with E-state index in [2.05, 4.69) is 10.5 Å². The third kappa shape index (κ3) is 4.00. The molecule has 0 spiro atoms. The van der Waals surface area contributed by atoms with Crippen molar-refractivity contribution in [1.82, 2.24) is 5.43 Å². The van der Waals surface area contributed by atoms with Gasteiger partial charge >= 0.3 is 0 Å². The van der Waals surface area contributed by atoms with Crippen LogP contribution in [0.25, 0.3) is 0 Å². The fourth-order valence-corrected chi connectivity index (χ4v) is 2.27. The predicted molar refractivity (Wildman–Crippen MR) is 89.3 cm³/mol. The maximum absolute atomic E-state index is 12.1. The number of aryl methyl sites for hydroxylation is 1. The van der Waals surface area contributed by atoms with E-state index in [1.165, 1.54) is 13.3 Å². The average Bonchev–Trinajstić information content (AvgIpc) is 2.49. The number of nitrogens with one attached hydrogen (secondary N) is 1. The Morgan fingerprint density at radius 2 is 2.00 bits per heavy atom. The van der Waals surface area contributed by atoms with Crippen LogP contribution in [0.2, 0.25) is 10.0 Å². The zero-order valence-corrected chi connectivity index (χ0v) is 13.6. The molecular formula is C16H14Cl2N2O2. The molecule has 0 atom stereocenters. The number of methoxy groups -OCH3 is 1. The number of hydrogen-bond donors (Lipinski definition) is 1. The summed E-state index contributed by atoms with van der Waals surface area (Å²) in [5, 5.41) is 4.89. The summed E-state index contributed by atoms with van der Waals surface area (Å²) in [4.78, 5) is 12.1. The van der Waals surface area contributed by atoms with E-state index in [1.54, 1.807) is 30.3 Å². The van der Waals surface area contributed by atoms with E-state index in [0.29, 0.717) is 26.9 Å². The standard InChI is InChI=1S/C16H14Cl2N2O2/c1-10-3-6-13(15(7-10)22-2)16(21)20-19-9-11-4-5-12(17)8-14(11)18/h3-9H,1-2H3,(H,20,21)/b19-9-. The topological polar surface area (TPSA) is 50.7 Å². The lowest BCUT2D eigenvalue weighted by atomic mass is 10.1. The number of halogens is 2. The molecule has 0 radical (unpaired) electrons. The molecule has 0 unspecified atom stereocenters. The van der Waals surface area contributed by atoms with Gasteiger partial charge in [0.05, 0.1) is 23.9 Å². The zero-order valence-electron chi connectivity index (χ0n) is 12.1. The number of nitrogens with zero attached hydrogens (tertiary/aromatic N) is 1. The predicted octanol–water partition coefficient (Wildman–Crippen LogP) is 4.07. The van der Waals surface area contributed by atoms with Gasteiger partial charge in [-0.3, -0.25) is 4.79 Å². The second kappa shape index (κ2) is 7.29. The molecule has 4 nitrogen and oxygen atoms in total. The van der Waals surface area contributed by atoms with E-state index in [9.17, 15) is 4.79 Å². The molecule has 22 heavy (non-hydrogen) atoms. The van der Waals surface area contributed by atoms with Crippen LogP contribution in [0.5, 0.6) is 5.75 Å². The first-order valence-electron chi connectivity index (χ1n) is 6.44. The number of carbonyl (C=O) groups is 1. The number of amides is 1. The number of rotatable bonds is 4. The van der Waals surface area contributed by atoms with Crippen molar-refractivity contribution >= 4 is 35.3 Å². The molecular weight excluding hydrogens is 323 g/mol. The summed E-state index contributed by atoms with van der Waals surface area (Å²) in [6.45, 7) is 1.92. The highest BCUT2D eigenvalue weighted by Gasteiger charge is 2.11. The van der Waals surface area contributed by atoms with Crippen molar-refractivity contribution in [2.24, 2.45) is 5.10 Å². The quantitative estimate of drug-likeness (QED) is 0.675. The number of ether oxygens (including phenoxy) is 1. The lowest BCUT2D eigenvalue weighted by Crippen LogP contribution is -2.18. The number of carbonyl (C=O) groups excluding carboxylic acids is 1. The van der Waals surface area contributed by atoms with Gasteiger partial charge in [0.2, 0.25) is 0 Å². The van der Waals surface area contributed by atoms with E-state index in [-0.39, 0.29) is 5.91 Å². The summed E-state index contributed by atoms with van der Waals surface area (Å²) in [6, 6.07) is 10.3. The van der Waals surface area contributed by atoms with Gasteiger partial charge in [0.1, 0.15) is 5.75 Å². The van der Waals surface area contributed by atoms with E-state index >= 15 is 0 Å². The molecule has 0 aliphatic rings. The molecule has 0 aliphatic heterocycles.